The largest absolute Gasteiger partial charge is 0.462 e. The summed E-state index contributed by atoms with van der Waals surface area (Å²) in [5.41, 5.74) is 0.670. The van der Waals surface area contributed by atoms with E-state index in [0.717, 1.165) is 8.28 Å². The van der Waals surface area contributed by atoms with Crippen molar-refractivity contribution in [2.75, 3.05) is 26.0 Å². The molecule has 0 aliphatic heterocycles. The lowest BCUT2D eigenvalue weighted by molar-refractivity contribution is -0.114. The van der Waals surface area contributed by atoms with Crippen molar-refractivity contribution < 1.29 is 22.7 Å². The van der Waals surface area contributed by atoms with Crippen molar-refractivity contribution >= 4 is 39.1 Å². The summed E-state index contributed by atoms with van der Waals surface area (Å²) in [6, 6.07) is 4.35. The van der Waals surface area contributed by atoms with E-state index < -0.39 is 22.1 Å². The molecule has 9 nitrogen and oxygen atoms in total. The van der Waals surface area contributed by atoms with Gasteiger partial charge in [0.1, 0.15) is 0 Å². The van der Waals surface area contributed by atoms with Gasteiger partial charge in [-0.1, -0.05) is 0 Å². The molecule has 10 heteroatoms. The first-order valence-corrected chi connectivity index (χ1v) is 8.48. The number of carbonyl (C=O) groups excluding carboxylic acids is 2. The fraction of sp³-hybridized carbons (Fsp3) is 0.357. The quantitative estimate of drug-likeness (QED) is 0.796. The van der Waals surface area contributed by atoms with Crippen LogP contribution in [0.25, 0.3) is 11.0 Å². The Balaban J connectivity index is 2.75. The molecule has 0 spiro atoms. The van der Waals surface area contributed by atoms with Gasteiger partial charge in [0, 0.05) is 21.0 Å². The molecule has 0 radical (unpaired) electrons. The van der Waals surface area contributed by atoms with Gasteiger partial charge in [-0.3, -0.25) is 10.1 Å². The zero-order valence-electron chi connectivity index (χ0n) is 13.7. The molecule has 0 atom stereocenters. The Morgan fingerprint density at radius 3 is 2.54 bits per heavy atom. The standard InChI is InChI=1S/C14H18N4O5S/c1-5-23-13(20)10-6-7-11-12(8-10)18(24(21,22)17(3)4)14(16-11)15-9(2)19/h6-8H,5H2,1-4H3,(H,15,16,19). The maximum atomic E-state index is 12.6. The minimum atomic E-state index is -3.97. The van der Waals surface area contributed by atoms with Crippen LogP contribution in [0, 0.1) is 0 Å². The number of anilines is 1. The van der Waals surface area contributed by atoms with E-state index in [1.54, 1.807) is 6.92 Å². The van der Waals surface area contributed by atoms with Gasteiger partial charge >= 0.3 is 16.2 Å². The molecule has 2 rings (SSSR count). The van der Waals surface area contributed by atoms with E-state index in [-0.39, 0.29) is 23.6 Å². The van der Waals surface area contributed by atoms with Crippen LogP contribution in [0.4, 0.5) is 5.95 Å². The van der Waals surface area contributed by atoms with E-state index in [4.69, 9.17) is 4.74 Å². The van der Waals surface area contributed by atoms with Crippen molar-refractivity contribution in [1.29, 1.82) is 0 Å². The first kappa shape index (κ1) is 17.9. The summed E-state index contributed by atoms with van der Waals surface area (Å²) < 4.78 is 32.0. The summed E-state index contributed by atoms with van der Waals surface area (Å²) in [7, 11) is -1.26. The molecule has 1 amide bonds. The lowest BCUT2D eigenvalue weighted by atomic mass is 10.2. The van der Waals surface area contributed by atoms with Crippen molar-refractivity contribution in [2.45, 2.75) is 13.8 Å². The number of hydrogen-bond acceptors (Lipinski definition) is 6. The number of nitrogens with one attached hydrogen (secondary N) is 1. The predicted molar refractivity (Wildman–Crippen MR) is 88.0 cm³/mol. The summed E-state index contributed by atoms with van der Waals surface area (Å²) in [6.45, 7) is 3.12. The van der Waals surface area contributed by atoms with Crippen molar-refractivity contribution in [3.63, 3.8) is 0 Å². The van der Waals surface area contributed by atoms with Crippen LogP contribution in [0.2, 0.25) is 0 Å². The SMILES string of the molecule is CCOC(=O)c1ccc2nc(NC(C)=O)n(S(=O)(=O)N(C)C)c2c1. The number of rotatable bonds is 5. The van der Waals surface area contributed by atoms with Crippen molar-refractivity contribution in [3.8, 4) is 0 Å². The monoisotopic (exact) mass is 354 g/mol. The zero-order valence-corrected chi connectivity index (χ0v) is 14.5. The average molecular weight is 354 g/mol. The van der Waals surface area contributed by atoms with E-state index in [1.807, 2.05) is 0 Å². The Hall–Kier alpha value is -2.46. The number of ether oxygens (including phenoxy) is 1. The normalized spacial score (nSPS) is 11.7. The fourth-order valence-electron chi connectivity index (χ4n) is 2.03. The lowest BCUT2D eigenvalue weighted by Crippen LogP contribution is -2.30. The van der Waals surface area contributed by atoms with Crippen LogP contribution in [0.15, 0.2) is 18.2 Å². The average Bonchev–Trinajstić information content (AvgIpc) is 2.83. The van der Waals surface area contributed by atoms with E-state index in [1.165, 1.54) is 39.2 Å². The molecule has 1 aromatic carbocycles. The molecule has 0 unspecified atom stereocenters. The molecule has 0 bridgehead atoms. The summed E-state index contributed by atoms with van der Waals surface area (Å²) in [4.78, 5) is 27.4. The zero-order chi connectivity index (χ0) is 18.1. The van der Waals surface area contributed by atoms with Gasteiger partial charge < -0.3 is 4.74 Å². The molecule has 1 aromatic heterocycles. The number of fused-ring (bicyclic) bond motifs is 1. The number of imidazole rings is 1. The Morgan fingerprint density at radius 1 is 1.33 bits per heavy atom. The second kappa shape index (κ2) is 6.57. The fourth-order valence-corrected chi connectivity index (χ4v) is 3.06. The molecule has 0 aliphatic rings. The number of carbonyl (C=O) groups is 2. The molecule has 0 saturated heterocycles. The van der Waals surface area contributed by atoms with Crippen LogP contribution >= 0.6 is 0 Å². The number of nitrogens with zero attached hydrogens (tertiary/aromatic N) is 3. The van der Waals surface area contributed by atoms with Gasteiger partial charge in [-0.05, 0) is 25.1 Å². The minimum Gasteiger partial charge on any atom is -0.462 e. The van der Waals surface area contributed by atoms with Gasteiger partial charge in [0.25, 0.3) is 0 Å². The van der Waals surface area contributed by atoms with Crippen LogP contribution in [0.5, 0.6) is 0 Å². The summed E-state index contributed by atoms with van der Waals surface area (Å²) >= 11 is 0. The van der Waals surface area contributed by atoms with E-state index in [2.05, 4.69) is 10.3 Å². The summed E-state index contributed by atoms with van der Waals surface area (Å²) in [5, 5.41) is 2.39. The molecule has 24 heavy (non-hydrogen) atoms. The molecular weight excluding hydrogens is 336 g/mol. The van der Waals surface area contributed by atoms with Crippen LogP contribution in [0.3, 0.4) is 0 Å². The topological polar surface area (TPSA) is 111 Å². The number of benzene rings is 1. The van der Waals surface area contributed by atoms with Gasteiger partial charge in [-0.25, -0.2) is 9.78 Å². The molecule has 2 aromatic rings. The van der Waals surface area contributed by atoms with Crippen molar-refractivity contribution in [3.05, 3.63) is 23.8 Å². The highest BCUT2D eigenvalue weighted by Gasteiger charge is 2.25. The number of aromatic nitrogens is 2. The third kappa shape index (κ3) is 3.24. The predicted octanol–water partition coefficient (Wildman–Crippen LogP) is 0.826. The van der Waals surface area contributed by atoms with Crippen molar-refractivity contribution in [1.82, 2.24) is 13.3 Å². The second-order valence-corrected chi connectivity index (χ2v) is 7.09. The van der Waals surface area contributed by atoms with Crippen LogP contribution in [0.1, 0.15) is 24.2 Å². The maximum Gasteiger partial charge on any atom is 0.338 e. The molecule has 1 N–H and O–H groups in total. The molecule has 0 saturated carbocycles. The highest BCUT2D eigenvalue weighted by molar-refractivity contribution is 7.87. The Morgan fingerprint density at radius 2 is 2.00 bits per heavy atom. The van der Waals surface area contributed by atoms with Crippen LogP contribution < -0.4 is 5.32 Å². The van der Waals surface area contributed by atoms with E-state index in [9.17, 15) is 18.0 Å². The highest BCUT2D eigenvalue weighted by Crippen LogP contribution is 2.24. The molecular formula is C14H18N4O5S. The number of hydrogen-bond donors (Lipinski definition) is 1. The van der Waals surface area contributed by atoms with Crippen molar-refractivity contribution in [2.24, 2.45) is 0 Å². The maximum absolute atomic E-state index is 12.6. The number of amides is 1. The Labute approximate surface area is 139 Å². The molecule has 1 heterocycles. The van der Waals surface area contributed by atoms with E-state index >= 15 is 0 Å². The van der Waals surface area contributed by atoms with Gasteiger partial charge in [0.15, 0.2) is 0 Å². The first-order valence-electron chi connectivity index (χ1n) is 7.08. The highest BCUT2D eigenvalue weighted by atomic mass is 32.2. The van der Waals surface area contributed by atoms with Gasteiger partial charge in [0.2, 0.25) is 11.9 Å². The Kier molecular flexibility index (Phi) is 4.90. The van der Waals surface area contributed by atoms with Crippen LogP contribution in [-0.2, 0) is 19.7 Å². The van der Waals surface area contributed by atoms with Gasteiger partial charge in [0.05, 0.1) is 23.2 Å². The summed E-state index contributed by atoms with van der Waals surface area (Å²) in [6.07, 6.45) is 0. The first-order chi connectivity index (χ1) is 11.2. The number of esters is 1. The third-order valence-electron chi connectivity index (χ3n) is 3.10. The third-order valence-corrected chi connectivity index (χ3v) is 4.86. The molecule has 0 aliphatic carbocycles. The second-order valence-electron chi connectivity index (χ2n) is 5.10. The molecule has 0 fully saturated rings. The van der Waals surface area contributed by atoms with Gasteiger partial charge in [-0.2, -0.15) is 16.7 Å². The molecule has 130 valence electrons. The van der Waals surface area contributed by atoms with Gasteiger partial charge in [-0.15, -0.1) is 0 Å². The Bertz CT molecular complexity index is 901. The summed E-state index contributed by atoms with van der Waals surface area (Å²) in [5.74, 6) is -1.19. The smallest absolute Gasteiger partial charge is 0.338 e. The lowest BCUT2D eigenvalue weighted by Gasteiger charge is -2.15. The minimum absolute atomic E-state index is 0.146. The van der Waals surface area contributed by atoms with E-state index in [0.29, 0.717) is 5.52 Å². The van der Waals surface area contributed by atoms with Crippen LogP contribution in [-0.4, -0.2) is 54.3 Å².